The van der Waals surface area contributed by atoms with Crippen molar-refractivity contribution in [3.63, 3.8) is 0 Å². The summed E-state index contributed by atoms with van der Waals surface area (Å²) in [5.41, 5.74) is 7.69. The number of rotatable bonds is 4. The summed E-state index contributed by atoms with van der Waals surface area (Å²) in [7, 11) is 0. The van der Waals surface area contributed by atoms with Crippen LogP contribution in [0.2, 0.25) is 0 Å². The molecule has 0 saturated carbocycles. The Bertz CT molecular complexity index is 455. The summed E-state index contributed by atoms with van der Waals surface area (Å²) < 4.78 is 27.7. The van der Waals surface area contributed by atoms with Crippen LogP contribution in [0.1, 0.15) is 33.3 Å². The molecule has 0 spiro atoms. The minimum Gasteiger partial charge on any atom is -0.490 e. The van der Waals surface area contributed by atoms with Gasteiger partial charge in [0.15, 0.2) is 5.75 Å². The van der Waals surface area contributed by atoms with Crippen molar-refractivity contribution in [3.8, 4) is 5.75 Å². The van der Waals surface area contributed by atoms with Crippen LogP contribution in [0.25, 0.3) is 0 Å². The van der Waals surface area contributed by atoms with Gasteiger partial charge in [-0.05, 0) is 30.0 Å². The predicted molar refractivity (Wildman–Crippen MR) is 75.1 cm³/mol. The van der Waals surface area contributed by atoms with Crippen molar-refractivity contribution in [3.05, 3.63) is 17.7 Å². The standard InChI is InChI=1S/C12H20N2O3S/c1-5-17-11-9(13)6-8(12(2,3)4)7-10(11)14-18(15)16/h6-7,14H,5,13H2,1-4H3,(H,15,16). The Morgan fingerprint density at radius 1 is 1.44 bits per heavy atom. The molecule has 4 N–H and O–H groups in total. The molecule has 0 bridgehead atoms. The van der Waals surface area contributed by atoms with Crippen molar-refractivity contribution in [1.29, 1.82) is 0 Å². The van der Waals surface area contributed by atoms with E-state index in [-0.39, 0.29) is 5.41 Å². The molecule has 0 heterocycles. The Hall–Kier alpha value is -1.27. The maximum atomic E-state index is 10.9. The van der Waals surface area contributed by atoms with E-state index >= 15 is 0 Å². The zero-order valence-electron chi connectivity index (χ0n) is 11.1. The van der Waals surface area contributed by atoms with Crippen LogP contribution in [0, 0.1) is 0 Å². The summed E-state index contributed by atoms with van der Waals surface area (Å²) in [6, 6.07) is 3.62. The van der Waals surface area contributed by atoms with E-state index in [2.05, 4.69) is 4.72 Å². The molecule has 18 heavy (non-hydrogen) atoms. The number of hydrogen-bond donors (Lipinski definition) is 3. The Kier molecular flexibility index (Phi) is 4.59. The normalized spacial score (nSPS) is 13.2. The minimum atomic E-state index is -2.16. The van der Waals surface area contributed by atoms with Crippen LogP contribution in [0.3, 0.4) is 0 Å². The summed E-state index contributed by atoms with van der Waals surface area (Å²) in [5.74, 6) is 0.410. The lowest BCUT2D eigenvalue weighted by molar-refractivity contribution is 0.343. The smallest absolute Gasteiger partial charge is 0.259 e. The summed E-state index contributed by atoms with van der Waals surface area (Å²) in [5, 5.41) is 0. The summed E-state index contributed by atoms with van der Waals surface area (Å²) >= 11 is -2.16. The molecule has 1 rings (SSSR count). The molecule has 6 heteroatoms. The summed E-state index contributed by atoms with van der Waals surface area (Å²) in [4.78, 5) is 0. The highest BCUT2D eigenvalue weighted by atomic mass is 32.2. The Morgan fingerprint density at radius 2 is 2.06 bits per heavy atom. The molecule has 1 unspecified atom stereocenters. The van der Waals surface area contributed by atoms with E-state index in [4.69, 9.17) is 15.0 Å². The molecule has 1 aromatic carbocycles. The third-order valence-corrected chi connectivity index (χ3v) is 2.86. The Balaban J connectivity index is 3.32. The van der Waals surface area contributed by atoms with Gasteiger partial charge in [0.25, 0.3) is 11.3 Å². The maximum Gasteiger partial charge on any atom is 0.259 e. The zero-order valence-corrected chi connectivity index (χ0v) is 11.9. The number of benzene rings is 1. The molecule has 0 saturated heterocycles. The van der Waals surface area contributed by atoms with Crippen molar-refractivity contribution < 1.29 is 13.5 Å². The molecule has 0 aliphatic carbocycles. The largest absolute Gasteiger partial charge is 0.490 e. The molecule has 0 fully saturated rings. The highest BCUT2D eigenvalue weighted by Gasteiger charge is 2.19. The molecule has 5 nitrogen and oxygen atoms in total. The number of nitrogen functional groups attached to an aromatic ring is 1. The van der Waals surface area contributed by atoms with E-state index in [1.54, 1.807) is 6.07 Å². The van der Waals surface area contributed by atoms with E-state index in [0.717, 1.165) is 5.56 Å². The van der Waals surface area contributed by atoms with Crippen molar-refractivity contribution in [2.75, 3.05) is 17.1 Å². The molecule has 0 amide bonds. The Labute approximate surface area is 110 Å². The number of nitrogens with two attached hydrogens (primary N) is 1. The molecular weight excluding hydrogens is 252 g/mol. The number of hydrogen-bond acceptors (Lipinski definition) is 3. The highest BCUT2D eigenvalue weighted by Crippen LogP contribution is 2.37. The average Bonchev–Trinajstić information content (AvgIpc) is 2.20. The molecule has 0 aromatic heterocycles. The van der Waals surface area contributed by atoms with Crippen LogP contribution in [-0.2, 0) is 16.7 Å². The van der Waals surface area contributed by atoms with E-state index in [1.165, 1.54) is 0 Å². The molecule has 0 aliphatic heterocycles. The van der Waals surface area contributed by atoms with Crippen molar-refractivity contribution in [1.82, 2.24) is 0 Å². The Morgan fingerprint density at radius 3 is 2.50 bits per heavy atom. The first kappa shape index (κ1) is 14.8. The fraction of sp³-hybridized carbons (Fsp3) is 0.500. The predicted octanol–water partition coefficient (Wildman–Crippen LogP) is 2.51. The van der Waals surface area contributed by atoms with Gasteiger partial charge in [0.1, 0.15) is 0 Å². The second-order valence-electron chi connectivity index (χ2n) is 4.98. The maximum absolute atomic E-state index is 10.9. The first-order chi connectivity index (χ1) is 8.25. The van der Waals surface area contributed by atoms with Crippen LogP contribution < -0.4 is 15.2 Å². The van der Waals surface area contributed by atoms with E-state index in [0.29, 0.717) is 23.7 Å². The monoisotopic (exact) mass is 272 g/mol. The minimum absolute atomic E-state index is 0.105. The van der Waals surface area contributed by atoms with Gasteiger partial charge in [-0.2, -0.15) is 0 Å². The van der Waals surface area contributed by atoms with Gasteiger partial charge < -0.3 is 10.5 Å². The summed E-state index contributed by atoms with van der Waals surface area (Å²) in [6.07, 6.45) is 0. The topological polar surface area (TPSA) is 84.6 Å². The summed E-state index contributed by atoms with van der Waals surface area (Å²) in [6.45, 7) is 8.40. The fourth-order valence-corrected chi connectivity index (χ4v) is 1.90. The number of nitrogens with one attached hydrogen (secondary N) is 1. The van der Waals surface area contributed by atoms with Crippen LogP contribution in [-0.4, -0.2) is 15.4 Å². The SMILES string of the molecule is CCOc1c(N)cc(C(C)(C)C)cc1NS(=O)O. The quantitative estimate of drug-likeness (QED) is 0.581. The van der Waals surface area contributed by atoms with Gasteiger partial charge in [-0.3, -0.25) is 9.27 Å². The first-order valence-corrected chi connectivity index (χ1v) is 6.80. The van der Waals surface area contributed by atoms with Crippen molar-refractivity contribution in [2.45, 2.75) is 33.1 Å². The second-order valence-corrected chi connectivity index (χ2v) is 5.68. The van der Waals surface area contributed by atoms with Crippen molar-refractivity contribution >= 4 is 22.6 Å². The third kappa shape index (κ3) is 3.61. The van der Waals surface area contributed by atoms with Gasteiger partial charge in [0.05, 0.1) is 18.0 Å². The lowest BCUT2D eigenvalue weighted by Crippen LogP contribution is -2.14. The van der Waals surface area contributed by atoms with Gasteiger partial charge in [0.2, 0.25) is 0 Å². The molecule has 0 aliphatic rings. The van der Waals surface area contributed by atoms with E-state index in [9.17, 15) is 4.21 Å². The van der Waals surface area contributed by atoms with Gasteiger partial charge in [0, 0.05) is 0 Å². The molecule has 1 aromatic rings. The third-order valence-electron chi connectivity index (χ3n) is 2.47. The van der Waals surface area contributed by atoms with E-state index < -0.39 is 11.3 Å². The van der Waals surface area contributed by atoms with Gasteiger partial charge in [-0.15, -0.1) is 0 Å². The molecule has 102 valence electrons. The lowest BCUT2D eigenvalue weighted by Gasteiger charge is -2.22. The van der Waals surface area contributed by atoms with Gasteiger partial charge in [-0.1, -0.05) is 20.8 Å². The fourth-order valence-electron chi connectivity index (χ4n) is 1.56. The average molecular weight is 272 g/mol. The lowest BCUT2D eigenvalue weighted by atomic mass is 9.86. The first-order valence-electron chi connectivity index (χ1n) is 5.70. The van der Waals surface area contributed by atoms with Crippen LogP contribution in [0.15, 0.2) is 12.1 Å². The zero-order chi connectivity index (χ0) is 13.9. The van der Waals surface area contributed by atoms with Crippen LogP contribution in [0.4, 0.5) is 11.4 Å². The van der Waals surface area contributed by atoms with Crippen LogP contribution >= 0.6 is 0 Å². The molecule has 0 radical (unpaired) electrons. The van der Waals surface area contributed by atoms with Gasteiger partial charge >= 0.3 is 0 Å². The van der Waals surface area contributed by atoms with Crippen LogP contribution in [0.5, 0.6) is 5.75 Å². The second kappa shape index (κ2) is 5.58. The molecular formula is C12H20N2O3S. The van der Waals surface area contributed by atoms with Gasteiger partial charge in [-0.25, -0.2) is 4.21 Å². The number of anilines is 2. The van der Waals surface area contributed by atoms with Crippen molar-refractivity contribution in [2.24, 2.45) is 0 Å². The highest BCUT2D eigenvalue weighted by molar-refractivity contribution is 7.80. The molecule has 1 atom stereocenters. The van der Waals surface area contributed by atoms with E-state index in [1.807, 2.05) is 33.8 Å². The number of ether oxygens (including phenoxy) is 1.